The molecule has 3 nitrogen and oxygen atoms in total. The van der Waals surface area contributed by atoms with Crippen LogP contribution in [-0.2, 0) is 6.42 Å². The zero-order chi connectivity index (χ0) is 24.4. The number of alkyl halides is 1. The molecule has 0 amide bonds. The van der Waals surface area contributed by atoms with Crippen molar-refractivity contribution in [3.8, 4) is 16.9 Å². The second-order valence-electron chi connectivity index (χ2n) is 9.32. The average molecular weight is 495 g/mol. The monoisotopic (exact) mass is 494 g/mol. The summed E-state index contributed by atoms with van der Waals surface area (Å²) in [7, 11) is 0. The Labute approximate surface area is 210 Å². The highest BCUT2D eigenvalue weighted by Crippen LogP contribution is 2.45. The third kappa shape index (κ3) is 5.07. The van der Waals surface area contributed by atoms with Crippen molar-refractivity contribution in [2.75, 3.05) is 31.6 Å². The van der Waals surface area contributed by atoms with Crippen LogP contribution in [0, 0.1) is 5.82 Å². The third-order valence-electron chi connectivity index (χ3n) is 6.95. The Hall–Kier alpha value is -2.89. The number of hydrogen-bond acceptors (Lipinski definition) is 3. The Kier molecular flexibility index (Phi) is 7.07. The summed E-state index contributed by atoms with van der Waals surface area (Å²) < 4.78 is 26.2. The summed E-state index contributed by atoms with van der Waals surface area (Å²) in [6, 6.07) is 16.7. The summed E-state index contributed by atoms with van der Waals surface area (Å²) in [4.78, 5) is 2.31. The SMILES string of the molecule is Oc1ccc2c(c1-c1ccc(F)cc1Cl)C(c1ccc(N[C@H]3CCN(CCCF)C3)cc1)=CCC2. The molecule has 0 spiro atoms. The molecular formula is C29H29ClF2N2O. The number of rotatable bonds is 7. The smallest absolute Gasteiger partial charge is 0.124 e. The van der Waals surface area contributed by atoms with Gasteiger partial charge in [-0.1, -0.05) is 35.9 Å². The molecule has 3 aromatic rings. The van der Waals surface area contributed by atoms with Crippen LogP contribution in [0.5, 0.6) is 5.75 Å². The van der Waals surface area contributed by atoms with Crippen molar-refractivity contribution in [3.05, 3.63) is 88.2 Å². The first-order valence-corrected chi connectivity index (χ1v) is 12.6. The molecule has 1 saturated heterocycles. The van der Waals surface area contributed by atoms with Crippen LogP contribution in [0.1, 0.15) is 36.0 Å². The number of phenols is 1. The van der Waals surface area contributed by atoms with Crippen LogP contribution >= 0.6 is 11.6 Å². The number of fused-ring (bicyclic) bond motifs is 1. The number of halogens is 3. The maximum absolute atomic E-state index is 13.7. The first kappa shape index (κ1) is 23.8. The molecule has 1 aliphatic heterocycles. The number of aromatic hydroxyl groups is 1. The van der Waals surface area contributed by atoms with Gasteiger partial charge in [0.15, 0.2) is 0 Å². The van der Waals surface area contributed by atoms with Crippen molar-refractivity contribution in [1.29, 1.82) is 0 Å². The van der Waals surface area contributed by atoms with Gasteiger partial charge >= 0.3 is 0 Å². The maximum atomic E-state index is 13.7. The molecule has 1 heterocycles. The molecule has 0 radical (unpaired) electrons. The van der Waals surface area contributed by atoms with Crippen molar-refractivity contribution < 1.29 is 13.9 Å². The van der Waals surface area contributed by atoms with Gasteiger partial charge in [-0.05, 0) is 84.3 Å². The zero-order valence-corrected chi connectivity index (χ0v) is 20.3. The number of benzene rings is 3. The second-order valence-corrected chi connectivity index (χ2v) is 9.73. The molecule has 1 aliphatic carbocycles. The van der Waals surface area contributed by atoms with E-state index >= 15 is 0 Å². The van der Waals surface area contributed by atoms with Gasteiger partial charge in [-0.15, -0.1) is 0 Å². The predicted molar refractivity (Wildman–Crippen MR) is 139 cm³/mol. The first-order chi connectivity index (χ1) is 17.0. The lowest BCUT2D eigenvalue weighted by atomic mass is 9.81. The van der Waals surface area contributed by atoms with E-state index in [-0.39, 0.29) is 17.4 Å². The van der Waals surface area contributed by atoms with Crippen LogP contribution in [0.15, 0.2) is 60.7 Å². The summed E-state index contributed by atoms with van der Waals surface area (Å²) in [6.07, 6.45) is 5.61. The minimum absolute atomic E-state index is 0.127. The normalized spacial score (nSPS) is 17.8. The minimum atomic E-state index is -0.408. The Morgan fingerprint density at radius 3 is 2.66 bits per heavy atom. The fourth-order valence-corrected chi connectivity index (χ4v) is 5.53. The van der Waals surface area contributed by atoms with E-state index in [1.165, 1.54) is 12.1 Å². The number of aryl methyl sites for hydroxylation is 1. The average Bonchev–Trinajstić information content (AvgIpc) is 3.31. The molecule has 5 rings (SSSR count). The second kappa shape index (κ2) is 10.4. The van der Waals surface area contributed by atoms with Crippen LogP contribution in [0.4, 0.5) is 14.5 Å². The van der Waals surface area contributed by atoms with Crippen molar-refractivity contribution in [2.45, 2.75) is 31.7 Å². The molecule has 1 atom stereocenters. The number of allylic oxidation sites excluding steroid dienone is 1. The van der Waals surface area contributed by atoms with E-state index in [2.05, 4.69) is 40.6 Å². The van der Waals surface area contributed by atoms with Crippen LogP contribution in [0.25, 0.3) is 16.7 Å². The third-order valence-corrected chi connectivity index (χ3v) is 7.26. The standard InChI is InChI=1S/C29H29ClF2N2O/c30-26-17-21(32)8-11-25(26)29-27(35)12-7-20-3-1-4-24(28(20)29)19-5-9-22(10-6-19)33-23-13-16-34(18-23)15-2-14-31/h4-12,17,23,33,35H,1-3,13-16,18H2/t23-/m0/s1. The fraction of sp³-hybridized carbons (Fsp3) is 0.310. The number of likely N-dealkylation sites (tertiary alicyclic amines) is 1. The van der Waals surface area contributed by atoms with Gasteiger partial charge in [0, 0.05) is 42.5 Å². The van der Waals surface area contributed by atoms with E-state index in [0.29, 0.717) is 23.6 Å². The largest absolute Gasteiger partial charge is 0.507 e. The highest BCUT2D eigenvalue weighted by atomic mass is 35.5. The van der Waals surface area contributed by atoms with E-state index in [4.69, 9.17) is 11.6 Å². The lowest BCUT2D eigenvalue weighted by molar-refractivity contribution is 0.310. The maximum Gasteiger partial charge on any atom is 0.124 e. The molecule has 2 N–H and O–H groups in total. The number of anilines is 1. The quantitative estimate of drug-likeness (QED) is 0.368. The van der Waals surface area contributed by atoms with Gasteiger partial charge in [-0.2, -0.15) is 0 Å². The molecule has 6 heteroatoms. The molecule has 2 aliphatic rings. The fourth-order valence-electron chi connectivity index (χ4n) is 5.27. The number of hydrogen-bond donors (Lipinski definition) is 2. The predicted octanol–water partition coefficient (Wildman–Crippen LogP) is 7.08. The summed E-state index contributed by atoms with van der Waals surface area (Å²) in [5.41, 5.74) is 6.49. The molecule has 3 aromatic carbocycles. The van der Waals surface area contributed by atoms with E-state index in [9.17, 15) is 13.9 Å². The lowest BCUT2D eigenvalue weighted by Gasteiger charge is -2.24. The Balaban J connectivity index is 1.42. The topological polar surface area (TPSA) is 35.5 Å². The van der Waals surface area contributed by atoms with Gasteiger partial charge in [-0.3, -0.25) is 4.39 Å². The summed E-state index contributed by atoms with van der Waals surface area (Å²) >= 11 is 6.41. The van der Waals surface area contributed by atoms with Crippen molar-refractivity contribution >= 4 is 22.9 Å². The van der Waals surface area contributed by atoms with Crippen LogP contribution < -0.4 is 5.32 Å². The van der Waals surface area contributed by atoms with E-state index < -0.39 is 5.82 Å². The minimum Gasteiger partial charge on any atom is -0.507 e. The van der Waals surface area contributed by atoms with E-state index in [1.54, 1.807) is 12.1 Å². The first-order valence-electron chi connectivity index (χ1n) is 12.2. The van der Waals surface area contributed by atoms with Gasteiger partial charge in [0.25, 0.3) is 0 Å². The van der Waals surface area contributed by atoms with Gasteiger partial charge in [0.05, 0.1) is 11.7 Å². The van der Waals surface area contributed by atoms with Crippen molar-refractivity contribution in [3.63, 3.8) is 0 Å². The highest BCUT2D eigenvalue weighted by Gasteiger charge is 2.24. The highest BCUT2D eigenvalue weighted by molar-refractivity contribution is 6.33. The van der Waals surface area contributed by atoms with Crippen LogP contribution in [-0.4, -0.2) is 42.4 Å². The van der Waals surface area contributed by atoms with Crippen molar-refractivity contribution in [2.24, 2.45) is 0 Å². The van der Waals surface area contributed by atoms with Gasteiger partial charge < -0.3 is 15.3 Å². The molecule has 0 saturated carbocycles. The lowest BCUT2D eigenvalue weighted by Crippen LogP contribution is -2.27. The molecule has 182 valence electrons. The van der Waals surface area contributed by atoms with Crippen molar-refractivity contribution in [1.82, 2.24) is 4.90 Å². The molecule has 0 bridgehead atoms. The van der Waals surface area contributed by atoms with E-state index in [0.717, 1.165) is 66.8 Å². The van der Waals surface area contributed by atoms with Gasteiger partial charge in [0.2, 0.25) is 0 Å². The van der Waals surface area contributed by atoms with Crippen LogP contribution in [0.2, 0.25) is 5.02 Å². The summed E-state index contributed by atoms with van der Waals surface area (Å²) in [6.45, 7) is 2.48. The summed E-state index contributed by atoms with van der Waals surface area (Å²) in [5.74, 6) is -0.281. The number of nitrogens with zero attached hydrogens (tertiary/aromatic N) is 1. The van der Waals surface area contributed by atoms with E-state index in [1.807, 2.05) is 6.07 Å². The molecule has 35 heavy (non-hydrogen) atoms. The summed E-state index contributed by atoms with van der Waals surface area (Å²) in [5, 5.41) is 14.7. The van der Waals surface area contributed by atoms with Crippen LogP contribution in [0.3, 0.4) is 0 Å². The molecule has 0 aromatic heterocycles. The molecule has 0 unspecified atom stereocenters. The molecule has 1 fully saturated rings. The number of nitrogens with one attached hydrogen (secondary N) is 1. The Bertz CT molecular complexity index is 1240. The van der Waals surface area contributed by atoms with Gasteiger partial charge in [-0.25, -0.2) is 4.39 Å². The Morgan fingerprint density at radius 1 is 1.06 bits per heavy atom. The zero-order valence-electron chi connectivity index (χ0n) is 19.5. The van der Waals surface area contributed by atoms with Gasteiger partial charge in [0.1, 0.15) is 11.6 Å². The Morgan fingerprint density at radius 2 is 1.89 bits per heavy atom. The molecular weight excluding hydrogens is 466 g/mol. The number of phenolic OH excluding ortho intramolecular Hbond substituents is 1.